The third-order valence-corrected chi connectivity index (χ3v) is 5.32. The fourth-order valence-electron chi connectivity index (χ4n) is 3.02. The molecule has 1 atom stereocenters. The van der Waals surface area contributed by atoms with Crippen molar-refractivity contribution >= 4 is 17.2 Å². The number of hydrogen-bond acceptors (Lipinski definition) is 5. The smallest absolute Gasteiger partial charge is 0.343 e. The van der Waals surface area contributed by atoms with E-state index in [1.807, 2.05) is 6.92 Å². The summed E-state index contributed by atoms with van der Waals surface area (Å²) in [7, 11) is 3.40. The zero-order chi connectivity index (χ0) is 16.6. The summed E-state index contributed by atoms with van der Waals surface area (Å²) in [5.74, 6) is 0.183. The molecule has 0 fully saturated rings. The van der Waals surface area contributed by atoms with Crippen LogP contribution in [0.25, 0.3) is 0 Å². The van der Waals surface area contributed by atoms with Crippen LogP contribution in [0.15, 0.2) is 11.1 Å². The van der Waals surface area contributed by atoms with Crippen molar-refractivity contribution < 1.29 is 4.79 Å². The number of thiazole rings is 1. The van der Waals surface area contributed by atoms with Crippen LogP contribution in [0.3, 0.4) is 0 Å². The monoisotopic (exact) mass is 335 g/mol. The van der Waals surface area contributed by atoms with E-state index in [-0.39, 0.29) is 24.1 Å². The molecule has 1 aliphatic carbocycles. The molecule has 1 aliphatic rings. The van der Waals surface area contributed by atoms with Crippen molar-refractivity contribution in [1.82, 2.24) is 24.2 Å². The maximum atomic E-state index is 12.4. The van der Waals surface area contributed by atoms with Gasteiger partial charge < -0.3 is 4.90 Å². The normalized spacial score (nSPS) is 17.1. The summed E-state index contributed by atoms with van der Waals surface area (Å²) in [4.78, 5) is 31.8. The molecule has 0 bridgehead atoms. The van der Waals surface area contributed by atoms with Crippen LogP contribution in [0.4, 0.5) is 0 Å². The summed E-state index contributed by atoms with van der Waals surface area (Å²) in [5.41, 5.74) is 0.884. The second-order valence-corrected chi connectivity index (χ2v) is 7.37. The minimum absolute atomic E-state index is 0.0220. The van der Waals surface area contributed by atoms with E-state index in [1.165, 1.54) is 20.5 Å². The molecule has 124 valence electrons. The fourth-order valence-corrected chi connectivity index (χ4v) is 4.08. The largest absolute Gasteiger partial charge is 0.345 e. The van der Waals surface area contributed by atoms with Crippen LogP contribution in [-0.2, 0) is 24.8 Å². The lowest BCUT2D eigenvalue weighted by molar-refractivity contribution is -0.131. The molecule has 0 spiro atoms. The highest BCUT2D eigenvalue weighted by molar-refractivity contribution is 7.11. The first-order valence-corrected chi connectivity index (χ1v) is 8.56. The number of fused-ring (bicyclic) bond motifs is 1. The SMILES string of the molecule is Cc1nc2c(s1)CCC[C@H]2CN(C)C(=O)Cn1ncn(C)c1=O. The van der Waals surface area contributed by atoms with Crippen molar-refractivity contribution in [2.45, 2.75) is 38.6 Å². The van der Waals surface area contributed by atoms with Gasteiger partial charge in [0.25, 0.3) is 0 Å². The second kappa shape index (κ2) is 6.27. The van der Waals surface area contributed by atoms with Gasteiger partial charge >= 0.3 is 5.69 Å². The van der Waals surface area contributed by atoms with Crippen LogP contribution in [0.1, 0.15) is 34.3 Å². The van der Waals surface area contributed by atoms with Gasteiger partial charge in [-0.3, -0.25) is 9.36 Å². The zero-order valence-corrected chi connectivity index (χ0v) is 14.5. The molecule has 0 radical (unpaired) electrons. The van der Waals surface area contributed by atoms with Crippen LogP contribution in [0, 0.1) is 6.92 Å². The Morgan fingerprint density at radius 1 is 1.52 bits per heavy atom. The molecular formula is C15H21N5O2S. The minimum Gasteiger partial charge on any atom is -0.343 e. The topological polar surface area (TPSA) is 73.0 Å². The summed E-state index contributed by atoms with van der Waals surface area (Å²) in [5, 5.41) is 5.03. The summed E-state index contributed by atoms with van der Waals surface area (Å²) in [6.07, 6.45) is 4.71. The molecule has 0 aromatic carbocycles. The van der Waals surface area contributed by atoms with E-state index < -0.39 is 0 Å². The molecule has 0 aliphatic heterocycles. The van der Waals surface area contributed by atoms with E-state index in [1.54, 1.807) is 30.3 Å². The summed E-state index contributed by atoms with van der Waals surface area (Å²) in [6.45, 7) is 2.64. The summed E-state index contributed by atoms with van der Waals surface area (Å²) < 4.78 is 2.55. The molecule has 0 saturated carbocycles. The van der Waals surface area contributed by atoms with Crippen LogP contribution in [0.5, 0.6) is 0 Å². The van der Waals surface area contributed by atoms with E-state index in [4.69, 9.17) is 0 Å². The number of aryl methyl sites for hydroxylation is 3. The molecule has 8 heteroatoms. The molecule has 0 unspecified atom stereocenters. The van der Waals surface area contributed by atoms with Gasteiger partial charge in [-0.15, -0.1) is 11.3 Å². The van der Waals surface area contributed by atoms with Crippen molar-refractivity contribution in [1.29, 1.82) is 0 Å². The number of carbonyl (C=O) groups is 1. The number of rotatable bonds is 4. The van der Waals surface area contributed by atoms with Crippen molar-refractivity contribution in [2.75, 3.05) is 13.6 Å². The Kier molecular flexibility index (Phi) is 4.34. The minimum atomic E-state index is -0.276. The van der Waals surface area contributed by atoms with Gasteiger partial charge in [-0.25, -0.2) is 14.5 Å². The van der Waals surface area contributed by atoms with Crippen LogP contribution >= 0.6 is 11.3 Å². The lowest BCUT2D eigenvalue weighted by atomic mass is 9.90. The Morgan fingerprint density at radius 3 is 3.00 bits per heavy atom. The zero-order valence-electron chi connectivity index (χ0n) is 13.7. The molecule has 23 heavy (non-hydrogen) atoms. The average Bonchev–Trinajstić information content (AvgIpc) is 3.04. The van der Waals surface area contributed by atoms with E-state index >= 15 is 0 Å². The van der Waals surface area contributed by atoms with Gasteiger partial charge in [0.1, 0.15) is 12.9 Å². The van der Waals surface area contributed by atoms with E-state index in [9.17, 15) is 9.59 Å². The molecule has 2 aromatic heterocycles. The average molecular weight is 335 g/mol. The number of aromatic nitrogens is 4. The van der Waals surface area contributed by atoms with Crippen LogP contribution in [0.2, 0.25) is 0 Å². The third-order valence-electron chi connectivity index (χ3n) is 4.27. The highest BCUT2D eigenvalue weighted by Crippen LogP contribution is 2.34. The molecule has 2 aromatic rings. The van der Waals surface area contributed by atoms with Gasteiger partial charge in [0, 0.05) is 31.4 Å². The van der Waals surface area contributed by atoms with Crippen molar-refractivity contribution in [3.8, 4) is 0 Å². The van der Waals surface area contributed by atoms with E-state index in [0.717, 1.165) is 30.0 Å². The van der Waals surface area contributed by atoms with Gasteiger partial charge in [-0.1, -0.05) is 0 Å². The third kappa shape index (κ3) is 3.21. The first-order valence-electron chi connectivity index (χ1n) is 7.74. The Balaban J connectivity index is 1.67. The number of amides is 1. The van der Waals surface area contributed by atoms with E-state index in [0.29, 0.717) is 6.54 Å². The highest BCUT2D eigenvalue weighted by Gasteiger charge is 2.26. The Morgan fingerprint density at radius 2 is 2.30 bits per heavy atom. The lowest BCUT2D eigenvalue weighted by Gasteiger charge is -2.26. The summed E-state index contributed by atoms with van der Waals surface area (Å²) >= 11 is 1.76. The molecular weight excluding hydrogens is 314 g/mol. The molecule has 3 rings (SSSR count). The fraction of sp³-hybridized carbons (Fsp3) is 0.600. The van der Waals surface area contributed by atoms with Crippen molar-refractivity contribution in [3.63, 3.8) is 0 Å². The van der Waals surface area contributed by atoms with Crippen molar-refractivity contribution in [2.24, 2.45) is 7.05 Å². The first-order chi connectivity index (χ1) is 11.0. The molecule has 0 saturated heterocycles. The standard InChI is InChI=1S/C15H21N5O2S/c1-10-17-14-11(5-4-6-12(14)23-10)7-18(2)13(21)8-20-15(22)19(3)9-16-20/h9,11H,4-8H2,1-3H3/t11-/m0/s1. The molecule has 7 nitrogen and oxygen atoms in total. The first kappa shape index (κ1) is 15.9. The summed E-state index contributed by atoms with van der Waals surface area (Å²) in [6, 6.07) is 0. The van der Waals surface area contributed by atoms with Crippen LogP contribution in [-0.4, -0.2) is 43.7 Å². The highest BCUT2D eigenvalue weighted by atomic mass is 32.1. The van der Waals surface area contributed by atoms with Crippen LogP contribution < -0.4 is 5.69 Å². The van der Waals surface area contributed by atoms with Gasteiger partial charge in [0.2, 0.25) is 5.91 Å². The number of nitrogens with zero attached hydrogens (tertiary/aromatic N) is 5. The van der Waals surface area contributed by atoms with Gasteiger partial charge in [0.05, 0.1) is 10.7 Å². The Bertz CT molecular complexity index is 775. The number of hydrogen-bond donors (Lipinski definition) is 0. The maximum Gasteiger partial charge on any atom is 0.345 e. The predicted octanol–water partition coefficient (Wildman–Crippen LogP) is 0.925. The Labute approximate surface area is 138 Å². The number of carbonyl (C=O) groups excluding carboxylic acids is 1. The second-order valence-electron chi connectivity index (χ2n) is 6.09. The van der Waals surface area contributed by atoms with E-state index in [2.05, 4.69) is 10.1 Å². The molecule has 0 N–H and O–H groups in total. The van der Waals surface area contributed by atoms with Gasteiger partial charge in [-0.2, -0.15) is 5.10 Å². The molecule has 2 heterocycles. The maximum absolute atomic E-state index is 12.4. The quantitative estimate of drug-likeness (QED) is 0.833. The lowest BCUT2D eigenvalue weighted by Crippen LogP contribution is -2.37. The number of likely N-dealkylation sites (N-methyl/N-ethyl adjacent to an activating group) is 1. The predicted molar refractivity (Wildman–Crippen MR) is 87.6 cm³/mol. The van der Waals surface area contributed by atoms with Gasteiger partial charge in [-0.05, 0) is 26.2 Å². The molecule has 1 amide bonds. The Hall–Kier alpha value is -1.96. The van der Waals surface area contributed by atoms with Crippen molar-refractivity contribution in [3.05, 3.63) is 32.4 Å². The van der Waals surface area contributed by atoms with Gasteiger partial charge in [0.15, 0.2) is 0 Å².